The van der Waals surface area contributed by atoms with Gasteiger partial charge in [-0.1, -0.05) is 0 Å². The van der Waals surface area contributed by atoms with Crippen LogP contribution in [0.15, 0.2) is 6.07 Å². The summed E-state index contributed by atoms with van der Waals surface area (Å²) in [5.41, 5.74) is 0.507. The molecule has 2 aliphatic heterocycles. The lowest BCUT2D eigenvalue weighted by atomic mass is 9.84. The molecule has 3 rings (SSSR count). The van der Waals surface area contributed by atoms with Crippen LogP contribution in [-0.2, 0) is 11.2 Å². The molecule has 1 fully saturated rings. The van der Waals surface area contributed by atoms with Gasteiger partial charge in [0.05, 0.1) is 24.9 Å². The number of rotatable bonds is 5. The van der Waals surface area contributed by atoms with Gasteiger partial charge in [0.15, 0.2) is 23.4 Å². The van der Waals surface area contributed by atoms with Crippen LogP contribution < -0.4 is 9.47 Å². The van der Waals surface area contributed by atoms with Crippen molar-refractivity contribution in [2.45, 2.75) is 69.7 Å². The number of aliphatic hydroxyl groups excluding tert-OH is 2. The molecule has 2 aliphatic rings. The van der Waals surface area contributed by atoms with Crippen molar-refractivity contribution in [1.29, 1.82) is 0 Å². The summed E-state index contributed by atoms with van der Waals surface area (Å²) in [4.78, 5) is 2.11. The number of benzene rings is 1. The molecule has 6 nitrogen and oxygen atoms in total. The summed E-state index contributed by atoms with van der Waals surface area (Å²) in [5.74, 6) is -1.32. The highest BCUT2D eigenvalue weighted by atomic mass is 19.4. The number of aliphatic hydroxyl groups is 2. The lowest BCUT2D eigenvalue weighted by Crippen LogP contribution is -2.53. The first-order chi connectivity index (χ1) is 14.3. The summed E-state index contributed by atoms with van der Waals surface area (Å²) >= 11 is 0. The topological polar surface area (TPSA) is 71.4 Å². The second-order valence-corrected chi connectivity index (χ2v) is 8.99. The van der Waals surface area contributed by atoms with Crippen LogP contribution in [0.4, 0.5) is 17.6 Å². The highest BCUT2D eigenvalue weighted by molar-refractivity contribution is 5.51. The summed E-state index contributed by atoms with van der Waals surface area (Å²) in [7, 11) is 1.26. The van der Waals surface area contributed by atoms with Crippen LogP contribution in [0.2, 0.25) is 0 Å². The van der Waals surface area contributed by atoms with Crippen LogP contribution in [0.5, 0.6) is 11.5 Å². The molecule has 1 aromatic rings. The average molecular weight is 451 g/mol. The van der Waals surface area contributed by atoms with Gasteiger partial charge in [0, 0.05) is 19.1 Å². The zero-order valence-corrected chi connectivity index (χ0v) is 18.0. The third kappa shape index (κ3) is 5.24. The lowest BCUT2D eigenvalue weighted by molar-refractivity contribution is -0.210. The summed E-state index contributed by atoms with van der Waals surface area (Å²) in [6.07, 6.45) is -8.10. The highest BCUT2D eigenvalue weighted by Gasteiger charge is 2.42. The lowest BCUT2D eigenvalue weighted by Gasteiger charge is -2.47. The van der Waals surface area contributed by atoms with Crippen molar-refractivity contribution in [1.82, 2.24) is 4.90 Å². The highest BCUT2D eigenvalue weighted by Crippen LogP contribution is 2.44. The Hall–Kier alpha value is -1.62. The molecule has 0 bridgehead atoms. The minimum absolute atomic E-state index is 0.0602. The van der Waals surface area contributed by atoms with Crippen molar-refractivity contribution in [2.75, 3.05) is 26.8 Å². The third-order valence-corrected chi connectivity index (χ3v) is 5.57. The van der Waals surface area contributed by atoms with Gasteiger partial charge in [0.25, 0.3) is 0 Å². The molecule has 10 heteroatoms. The van der Waals surface area contributed by atoms with E-state index >= 15 is 4.39 Å². The number of ether oxygens (including phenoxy) is 3. The van der Waals surface area contributed by atoms with E-state index < -0.39 is 42.2 Å². The van der Waals surface area contributed by atoms with Crippen LogP contribution in [0.25, 0.3) is 0 Å². The predicted molar refractivity (Wildman–Crippen MR) is 104 cm³/mol. The van der Waals surface area contributed by atoms with Gasteiger partial charge in [0.1, 0.15) is 6.61 Å². The molecular weight excluding hydrogens is 422 g/mol. The van der Waals surface area contributed by atoms with E-state index in [1.165, 1.54) is 7.11 Å². The maximum absolute atomic E-state index is 15.2. The molecule has 0 radical (unpaired) electrons. The zero-order chi connectivity index (χ0) is 23.1. The molecule has 2 heterocycles. The van der Waals surface area contributed by atoms with E-state index in [0.717, 1.165) is 0 Å². The molecule has 0 amide bonds. The van der Waals surface area contributed by atoms with Crippen LogP contribution >= 0.6 is 0 Å². The molecule has 0 spiro atoms. The Balaban J connectivity index is 1.86. The summed E-state index contributed by atoms with van der Waals surface area (Å²) in [5, 5.41) is 19.8. The van der Waals surface area contributed by atoms with Crippen molar-refractivity contribution in [3.8, 4) is 11.5 Å². The minimum atomic E-state index is -4.87. The Morgan fingerprint density at radius 1 is 1.26 bits per heavy atom. The van der Waals surface area contributed by atoms with Gasteiger partial charge in [-0.2, -0.15) is 13.2 Å². The van der Waals surface area contributed by atoms with Crippen LogP contribution in [0, 0.1) is 5.82 Å². The standard InChI is InChI=1S/C21H29F4NO5/c1-20(2,3)31-16-9-26-6-5-11-12(13(26)8-14(16)27)7-15(29-4)19(18(11)22)30-10-17(28)21(23,24)25/h7,13-14,16-17,27-28H,5-6,8-10H2,1-4H3/t13-,14-,16-,17+/m1/s1. The molecule has 4 atom stereocenters. The molecule has 31 heavy (non-hydrogen) atoms. The maximum atomic E-state index is 15.2. The van der Waals surface area contributed by atoms with Crippen molar-refractivity contribution < 1.29 is 42.0 Å². The fourth-order valence-corrected chi connectivity index (χ4v) is 4.17. The first kappa shape index (κ1) is 24.0. The maximum Gasteiger partial charge on any atom is 0.417 e. The minimum Gasteiger partial charge on any atom is -0.493 e. The molecule has 176 valence electrons. The smallest absolute Gasteiger partial charge is 0.417 e. The second-order valence-electron chi connectivity index (χ2n) is 8.99. The van der Waals surface area contributed by atoms with Crippen molar-refractivity contribution in [3.63, 3.8) is 0 Å². The fraction of sp³-hybridized carbons (Fsp3) is 0.714. The van der Waals surface area contributed by atoms with E-state index in [1.54, 1.807) is 6.07 Å². The van der Waals surface area contributed by atoms with Crippen LogP contribution in [-0.4, -0.2) is 72.0 Å². The Kier molecular flexibility index (Phi) is 6.76. The van der Waals surface area contributed by atoms with E-state index in [-0.39, 0.29) is 17.9 Å². The normalized spacial score (nSPS) is 25.5. The van der Waals surface area contributed by atoms with Crippen molar-refractivity contribution in [3.05, 3.63) is 23.0 Å². The molecule has 1 saturated heterocycles. The monoisotopic (exact) mass is 451 g/mol. The van der Waals surface area contributed by atoms with E-state index in [2.05, 4.69) is 4.90 Å². The molecule has 0 saturated carbocycles. The van der Waals surface area contributed by atoms with Gasteiger partial charge >= 0.3 is 6.18 Å². The summed E-state index contributed by atoms with van der Waals surface area (Å²) in [6, 6.07) is 1.26. The number of nitrogens with zero attached hydrogens (tertiary/aromatic N) is 1. The second kappa shape index (κ2) is 8.73. The predicted octanol–water partition coefficient (Wildman–Crippen LogP) is 2.98. The molecule has 0 aliphatic carbocycles. The number of fused-ring (bicyclic) bond motifs is 3. The SMILES string of the molecule is COc1cc2c(c(F)c1OC[C@H](O)C(F)(F)F)CCN1C[C@@H](OC(C)(C)C)[C@H](O)C[C@H]21. The van der Waals surface area contributed by atoms with Gasteiger partial charge in [-0.3, -0.25) is 4.90 Å². The van der Waals surface area contributed by atoms with Crippen LogP contribution in [0.1, 0.15) is 44.4 Å². The van der Waals surface area contributed by atoms with E-state index in [0.29, 0.717) is 37.1 Å². The Morgan fingerprint density at radius 2 is 1.94 bits per heavy atom. The van der Waals surface area contributed by atoms with Gasteiger partial charge in [-0.25, -0.2) is 4.39 Å². The summed E-state index contributed by atoms with van der Waals surface area (Å²) < 4.78 is 69.1. The Bertz CT molecular complexity index is 795. The number of piperidine rings is 1. The molecule has 1 aromatic carbocycles. The quantitative estimate of drug-likeness (QED) is 0.671. The first-order valence-electron chi connectivity index (χ1n) is 10.2. The van der Waals surface area contributed by atoms with Crippen LogP contribution in [0.3, 0.4) is 0 Å². The number of halogens is 4. The van der Waals surface area contributed by atoms with E-state index in [9.17, 15) is 18.3 Å². The average Bonchev–Trinajstić information content (AvgIpc) is 2.65. The zero-order valence-electron chi connectivity index (χ0n) is 18.0. The van der Waals surface area contributed by atoms with Crippen molar-refractivity contribution in [2.24, 2.45) is 0 Å². The molecule has 0 unspecified atom stereocenters. The summed E-state index contributed by atoms with van der Waals surface area (Å²) in [6.45, 7) is 5.57. The number of methoxy groups -OCH3 is 1. The number of alkyl halides is 3. The third-order valence-electron chi connectivity index (χ3n) is 5.57. The number of hydrogen-bond donors (Lipinski definition) is 2. The van der Waals surface area contributed by atoms with Crippen molar-refractivity contribution >= 4 is 0 Å². The van der Waals surface area contributed by atoms with Gasteiger partial charge in [-0.05, 0) is 50.8 Å². The Labute approximate surface area is 178 Å². The van der Waals surface area contributed by atoms with Gasteiger partial charge < -0.3 is 24.4 Å². The van der Waals surface area contributed by atoms with Gasteiger partial charge in [0.2, 0.25) is 0 Å². The molecule has 2 N–H and O–H groups in total. The van der Waals surface area contributed by atoms with E-state index in [4.69, 9.17) is 19.3 Å². The largest absolute Gasteiger partial charge is 0.493 e. The number of hydrogen-bond acceptors (Lipinski definition) is 6. The molecular formula is C21H29F4NO5. The van der Waals surface area contributed by atoms with Gasteiger partial charge in [-0.15, -0.1) is 0 Å². The first-order valence-corrected chi connectivity index (χ1v) is 10.2. The van der Waals surface area contributed by atoms with E-state index in [1.807, 2.05) is 20.8 Å². The fourth-order valence-electron chi connectivity index (χ4n) is 4.17. The molecule has 0 aromatic heterocycles. The Morgan fingerprint density at radius 3 is 2.52 bits per heavy atom.